The molecule has 4 nitrogen and oxygen atoms in total. The van der Waals surface area contributed by atoms with Crippen molar-refractivity contribution in [1.82, 2.24) is 9.97 Å². The maximum Gasteiger partial charge on any atom is 0.225 e. The molecular formula is C7H7N3O. The van der Waals surface area contributed by atoms with Gasteiger partial charge < -0.3 is 5.32 Å². The predicted molar refractivity (Wildman–Crippen MR) is 39.0 cm³/mol. The van der Waals surface area contributed by atoms with Crippen molar-refractivity contribution in [2.24, 2.45) is 0 Å². The SMILES string of the molecule is O=C1CCc2nccnc2N1. The van der Waals surface area contributed by atoms with E-state index in [4.69, 9.17) is 0 Å². The van der Waals surface area contributed by atoms with Crippen LogP contribution in [-0.4, -0.2) is 15.9 Å². The van der Waals surface area contributed by atoms with Crippen molar-refractivity contribution in [2.45, 2.75) is 12.8 Å². The van der Waals surface area contributed by atoms with Gasteiger partial charge in [0.25, 0.3) is 0 Å². The summed E-state index contributed by atoms with van der Waals surface area (Å²) in [6.45, 7) is 0. The van der Waals surface area contributed by atoms with Crippen LogP contribution in [0.1, 0.15) is 12.1 Å². The van der Waals surface area contributed by atoms with Crippen LogP contribution in [0.5, 0.6) is 0 Å². The largest absolute Gasteiger partial charge is 0.309 e. The number of nitrogens with one attached hydrogen (secondary N) is 1. The normalized spacial score (nSPS) is 15.5. The lowest BCUT2D eigenvalue weighted by atomic mass is 10.1. The third kappa shape index (κ3) is 1.07. The van der Waals surface area contributed by atoms with Gasteiger partial charge >= 0.3 is 0 Å². The highest BCUT2D eigenvalue weighted by molar-refractivity contribution is 5.92. The summed E-state index contributed by atoms with van der Waals surface area (Å²) in [5.74, 6) is 0.641. The Balaban J connectivity index is 2.41. The first-order chi connectivity index (χ1) is 5.36. The fraction of sp³-hybridized carbons (Fsp3) is 0.286. The first-order valence-corrected chi connectivity index (χ1v) is 3.46. The van der Waals surface area contributed by atoms with Gasteiger partial charge in [0.05, 0.1) is 5.69 Å². The third-order valence-electron chi connectivity index (χ3n) is 1.62. The Morgan fingerprint density at radius 3 is 3.00 bits per heavy atom. The van der Waals surface area contributed by atoms with Gasteiger partial charge in [-0.3, -0.25) is 9.78 Å². The van der Waals surface area contributed by atoms with E-state index in [0.717, 1.165) is 5.69 Å². The predicted octanol–water partition coefficient (Wildman–Crippen LogP) is 0.361. The zero-order valence-corrected chi connectivity index (χ0v) is 5.87. The molecule has 56 valence electrons. The number of aromatic nitrogens is 2. The fourth-order valence-corrected chi connectivity index (χ4v) is 1.08. The molecule has 1 aromatic heterocycles. The van der Waals surface area contributed by atoms with Gasteiger partial charge in [-0.05, 0) is 0 Å². The van der Waals surface area contributed by atoms with Gasteiger partial charge in [0.15, 0.2) is 5.82 Å². The Bertz CT molecular complexity index is 297. The number of rotatable bonds is 0. The van der Waals surface area contributed by atoms with E-state index in [2.05, 4.69) is 15.3 Å². The van der Waals surface area contributed by atoms with Crippen LogP contribution in [0.4, 0.5) is 5.82 Å². The van der Waals surface area contributed by atoms with Gasteiger partial charge in [0, 0.05) is 25.2 Å². The number of anilines is 1. The molecule has 0 saturated heterocycles. The van der Waals surface area contributed by atoms with Gasteiger partial charge in [-0.2, -0.15) is 0 Å². The molecule has 0 aromatic carbocycles. The number of hydrogen-bond donors (Lipinski definition) is 1. The Kier molecular flexibility index (Phi) is 1.31. The summed E-state index contributed by atoms with van der Waals surface area (Å²) in [4.78, 5) is 18.9. The minimum atomic E-state index is 0.0259. The third-order valence-corrected chi connectivity index (χ3v) is 1.62. The molecule has 0 atom stereocenters. The van der Waals surface area contributed by atoms with Crippen molar-refractivity contribution < 1.29 is 4.79 Å². The molecule has 2 heterocycles. The first-order valence-electron chi connectivity index (χ1n) is 3.46. The molecule has 1 amide bonds. The topological polar surface area (TPSA) is 54.9 Å². The van der Waals surface area contributed by atoms with Crippen molar-refractivity contribution in [3.05, 3.63) is 18.1 Å². The Labute approximate surface area is 63.7 Å². The Hall–Kier alpha value is -1.45. The van der Waals surface area contributed by atoms with Crippen molar-refractivity contribution >= 4 is 11.7 Å². The molecule has 0 spiro atoms. The summed E-state index contributed by atoms with van der Waals surface area (Å²) in [6.07, 6.45) is 4.43. The van der Waals surface area contributed by atoms with Gasteiger partial charge in [-0.25, -0.2) is 4.98 Å². The number of hydrogen-bond acceptors (Lipinski definition) is 3. The second-order valence-corrected chi connectivity index (χ2v) is 2.40. The summed E-state index contributed by atoms with van der Waals surface area (Å²) in [7, 11) is 0. The molecule has 0 radical (unpaired) electrons. The molecule has 0 saturated carbocycles. The highest BCUT2D eigenvalue weighted by Crippen LogP contribution is 2.15. The average Bonchev–Trinajstić information content (AvgIpc) is 2.04. The standard InChI is InChI=1S/C7H7N3O/c11-6-2-1-5-7(10-6)9-4-3-8-5/h3-4H,1-2H2,(H,9,10,11). The van der Waals surface area contributed by atoms with E-state index in [1.165, 1.54) is 0 Å². The zero-order valence-electron chi connectivity index (χ0n) is 5.87. The molecule has 2 rings (SSSR count). The van der Waals surface area contributed by atoms with Crippen molar-refractivity contribution in [1.29, 1.82) is 0 Å². The summed E-state index contributed by atoms with van der Waals surface area (Å²) >= 11 is 0. The van der Waals surface area contributed by atoms with Crippen molar-refractivity contribution in [2.75, 3.05) is 5.32 Å². The number of aryl methyl sites for hydroxylation is 1. The Morgan fingerprint density at radius 1 is 1.27 bits per heavy atom. The number of fused-ring (bicyclic) bond motifs is 1. The molecule has 0 fully saturated rings. The maximum atomic E-state index is 10.8. The van der Waals surface area contributed by atoms with E-state index in [-0.39, 0.29) is 5.91 Å². The Morgan fingerprint density at radius 2 is 2.09 bits per heavy atom. The molecular weight excluding hydrogens is 142 g/mol. The van der Waals surface area contributed by atoms with Gasteiger partial charge in [-0.15, -0.1) is 0 Å². The van der Waals surface area contributed by atoms with E-state index in [1.807, 2.05) is 0 Å². The maximum absolute atomic E-state index is 10.8. The smallest absolute Gasteiger partial charge is 0.225 e. The molecule has 1 aliphatic rings. The van der Waals surface area contributed by atoms with Gasteiger partial charge in [0.1, 0.15) is 0 Å². The van der Waals surface area contributed by atoms with E-state index in [0.29, 0.717) is 18.7 Å². The number of carbonyl (C=O) groups is 1. The highest BCUT2D eigenvalue weighted by atomic mass is 16.1. The molecule has 4 heteroatoms. The molecule has 0 unspecified atom stereocenters. The van der Waals surface area contributed by atoms with Gasteiger partial charge in [-0.1, -0.05) is 0 Å². The first kappa shape index (κ1) is 6.27. The molecule has 1 aromatic rings. The number of carbonyl (C=O) groups excluding carboxylic acids is 1. The van der Waals surface area contributed by atoms with E-state index in [9.17, 15) is 4.79 Å². The average molecular weight is 149 g/mol. The van der Waals surface area contributed by atoms with Crippen LogP contribution in [0.2, 0.25) is 0 Å². The highest BCUT2D eigenvalue weighted by Gasteiger charge is 2.15. The van der Waals surface area contributed by atoms with E-state index in [1.54, 1.807) is 12.4 Å². The lowest BCUT2D eigenvalue weighted by molar-refractivity contribution is -0.116. The minimum Gasteiger partial charge on any atom is -0.309 e. The monoisotopic (exact) mass is 149 g/mol. The molecule has 1 N–H and O–H groups in total. The second-order valence-electron chi connectivity index (χ2n) is 2.40. The lowest BCUT2D eigenvalue weighted by Gasteiger charge is -2.12. The second kappa shape index (κ2) is 2.30. The quantitative estimate of drug-likeness (QED) is 0.579. The van der Waals surface area contributed by atoms with Crippen LogP contribution >= 0.6 is 0 Å². The van der Waals surface area contributed by atoms with Crippen LogP contribution in [-0.2, 0) is 11.2 Å². The summed E-state index contributed by atoms with van der Waals surface area (Å²) in [5.41, 5.74) is 0.882. The zero-order chi connectivity index (χ0) is 7.68. The molecule has 0 aliphatic carbocycles. The van der Waals surface area contributed by atoms with Crippen molar-refractivity contribution in [3.63, 3.8) is 0 Å². The number of amides is 1. The summed E-state index contributed by atoms with van der Waals surface area (Å²) in [5, 5.41) is 2.65. The van der Waals surface area contributed by atoms with Gasteiger partial charge in [0.2, 0.25) is 5.91 Å². The minimum absolute atomic E-state index is 0.0259. The molecule has 11 heavy (non-hydrogen) atoms. The summed E-state index contributed by atoms with van der Waals surface area (Å²) in [6, 6.07) is 0. The molecule has 1 aliphatic heterocycles. The van der Waals surface area contributed by atoms with Crippen LogP contribution in [0.3, 0.4) is 0 Å². The fourth-order valence-electron chi connectivity index (χ4n) is 1.08. The molecule has 0 bridgehead atoms. The van der Waals surface area contributed by atoms with E-state index >= 15 is 0 Å². The lowest BCUT2D eigenvalue weighted by Crippen LogP contribution is -2.20. The number of nitrogens with zero attached hydrogens (tertiary/aromatic N) is 2. The van der Waals surface area contributed by atoms with Crippen LogP contribution in [0.15, 0.2) is 12.4 Å². The van der Waals surface area contributed by atoms with Crippen LogP contribution in [0, 0.1) is 0 Å². The van der Waals surface area contributed by atoms with Crippen LogP contribution < -0.4 is 5.32 Å². The summed E-state index contributed by atoms with van der Waals surface area (Å²) < 4.78 is 0. The van der Waals surface area contributed by atoms with Crippen molar-refractivity contribution in [3.8, 4) is 0 Å². The van der Waals surface area contributed by atoms with E-state index < -0.39 is 0 Å². The van der Waals surface area contributed by atoms with Crippen LogP contribution in [0.25, 0.3) is 0 Å².